The van der Waals surface area contributed by atoms with Gasteiger partial charge in [0, 0.05) is 26.1 Å². The number of hydrogen-bond acceptors (Lipinski definition) is 4. The van der Waals surface area contributed by atoms with E-state index in [1.165, 1.54) is 25.7 Å². The molecule has 1 aliphatic carbocycles. The fourth-order valence-electron chi connectivity index (χ4n) is 3.50. The number of carbonyl (C=O) groups excluding carboxylic acids is 1. The summed E-state index contributed by atoms with van der Waals surface area (Å²) in [5.74, 6) is 2.37. The number of aliphatic imine (C=N–C) groups is 1. The lowest BCUT2D eigenvalue weighted by Gasteiger charge is -2.40. The molecule has 1 saturated heterocycles. The van der Waals surface area contributed by atoms with Crippen molar-refractivity contribution in [3.63, 3.8) is 0 Å². The zero-order valence-corrected chi connectivity index (χ0v) is 18.7. The number of carbonyl (C=O) groups is 1. The Morgan fingerprint density at radius 1 is 1.15 bits per heavy atom. The lowest BCUT2D eigenvalue weighted by Crippen LogP contribution is -2.56. The molecule has 152 valence electrons. The molecular weight excluding hydrogens is 342 g/mol. The fourth-order valence-corrected chi connectivity index (χ4v) is 4.10. The van der Waals surface area contributed by atoms with Gasteiger partial charge >= 0.3 is 0 Å². The third kappa shape index (κ3) is 7.83. The molecule has 0 bridgehead atoms. The van der Waals surface area contributed by atoms with Crippen LogP contribution in [0.2, 0.25) is 0 Å². The van der Waals surface area contributed by atoms with E-state index in [1.807, 2.05) is 40.2 Å². The molecule has 4 nitrogen and oxygen atoms in total. The summed E-state index contributed by atoms with van der Waals surface area (Å²) in [6.07, 6.45) is 7.69. The Labute approximate surface area is 166 Å². The van der Waals surface area contributed by atoms with Gasteiger partial charge in [-0.05, 0) is 37.0 Å². The van der Waals surface area contributed by atoms with Gasteiger partial charge in [-0.1, -0.05) is 66.0 Å². The molecule has 26 heavy (non-hydrogen) atoms. The third-order valence-electron chi connectivity index (χ3n) is 5.08. The van der Waals surface area contributed by atoms with Gasteiger partial charge in [0.05, 0.1) is 11.4 Å². The second kappa shape index (κ2) is 14.3. The first kappa shape index (κ1) is 25.2. The number of piperidine rings is 1. The monoisotopic (exact) mass is 383 g/mol. The van der Waals surface area contributed by atoms with Gasteiger partial charge in [-0.3, -0.25) is 4.99 Å². The van der Waals surface area contributed by atoms with E-state index in [2.05, 4.69) is 28.1 Å². The zero-order chi connectivity index (χ0) is 20.0. The topological polar surface area (TPSA) is 44.7 Å². The quantitative estimate of drug-likeness (QED) is 0.302. The highest BCUT2D eigenvalue weighted by atomic mass is 32.2. The van der Waals surface area contributed by atoms with Crippen molar-refractivity contribution in [1.29, 1.82) is 0 Å². The van der Waals surface area contributed by atoms with E-state index >= 15 is 0 Å². The minimum Gasteiger partial charge on any atom is -0.361 e. The summed E-state index contributed by atoms with van der Waals surface area (Å²) < 4.78 is 2.27. The molecule has 1 heterocycles. The minimum atomic E-state index is -0.434. The van der Waals surface area contributed by atoms with E-state index in [1.54, 1.807) is 11.9 Å². The van der Waals surface area contributed by atoms with Crippen LogP contribution in [0.5, 0.6) is 0 Å². The van der Waals surface area contributed by atoms with Crippen LogP contribution in [0, 0.1) is 11.8 Å². The molecule has 0 radical (unpaired) electrons. The minimum absolute atomic E-state index is 0.434. The van der Waals surface area contributed by atoms with E-state index < -0.39 is 5.54 Å². The second-order valence-corrected chi connectivity index (χ2v) is 7.73. The predicted molar refractivity (Wildman–Crippen MR) is 118 cm³/mol. The molecule has 0 spiro atoms. The average Bonchev–Trinajstić information content (AvgIpc) is 2.72. The first-order valence-electron chi connectivity index (χ1n) is 10.4. The van der Waals surface area contributed by atoms with Crippen molar-refractivity contribution in [1.82, 2.24) is 9.62 Å². The second-order valence-electron chi connectivity index (χ2n) is 6.67. The Kier molecular flexibility index (Phi) is 13.8. The van der Waals surface area contributed by atoms with E-state index in [0.29, 0.717) is 5.92 Å². The van der Waals surface area contributed by atoms with E-state index in [4.69, 9.17) is 0 Å². The molecule has 0 amide bonds. The normalized spacial score (nSPS) is 25.7. The SMILES string of the molecule is C=CSN1CCC(C=O)(NC(=NC)C2CCC(C)CC2)CC1.CC.CC. The molecule has 0 atom stereocenters. The molecule has 1 saturated carbocycles. The maximum atomic E-state index is 11.8. The van der Waals surface area contributed by atoms with Crippen molar-refractivity contribution in [2.75, 3.05) is 20.1 Å². The summed E-state index contributed by atoms with van der Waals surface area (Å²) in [7, 11) is 1.85. The molecule has 0 aromatic rings. The fraction of sp³-hybridized carbons (Fsp3) is 0.810. The number of nitrogens with zero attached hydrogens (tertiary/aromatic N) is 2. The summed E-state index contributed by atoms with van der Waals surface area (Å²) in [6, 6.07) is 0. The van der Waals surface area contributed by atoms with Crippen molar-refractivity contribution < 1.29 is 4.79 Å². The Balaban J connectivity index is 0.00000146. The van der Waals surface area contributed by atoms with Crippen molar-refractivity contribution in [2.24, 2.45) is 16.8 Å². The summed E-state index contributed by atoms with van der Waals surface area (Å²) in [6.45, 7) is 15.9. The van der Waals surface area contributed by atoms with Gasteiger partial charge < -0.3 is 10.1 Å². The summed E-state index contributed by atoms with van der Waals surface area (Å²) in [5.41, 5.74) is -0.434. The molecule has 0 unspecified atom stereocenters. The van der Waals surface area contributed by atoms with Crippen LogP contribution in [0.3, 0.4) is 0 Å². The lowest BCUT2D eigenvalue weighted by atomic mass is 9.81. The van der Waals surface area contributed by atoms with Gasteiger partial charge in [0.25, 0.3) is 0 Å². The van der Waals surface area contributed by atoms with Crippen molar-refractivity contribution in [3.05, 3.63) is 12.0 Å². The van der Waals surface area contributed by atoms with Gasteiger partial charge in [-0.25, -0.2) is 4.31 Å². The first-order valence-corrected chi connectivity index (χ1v) is 11.2. The predicted octanol–water partition coefficient (Wildman–Crippen LogP) is 5.31. The van der Waals surface area contributed by atoms with Crippen LogP contribution in [0.15, 0.2) is 17.0 Å². The maximum absolute atomic E-state index is 11.8. The number of amidine groups is 1. The third-order valence-corrected chi connectivity index (χ3v) is 5.90. The molecule has 2 rings (SSSR count). The molecule has 5 heteroatoms. The Hall–Kier alpha value is -0.810. The van der Waals surface area contributed by atoms with Crippen LogP contribution in [0.4, 0.5) is 0 Å². The Morgan fingerprint density at radius 3 is 2.12 bits per heavy atom. The van der Waals surface area contributed by atoms with Gasteiger partial charge in [-0.2, -0.15) is 0 Å². The summed E-state index contributed by atoms with van der Waals surface area (Å²) >= 11 is 1.64. The van der Waals surface area contributed by atoms with Crippen LogP contribution in [0.1, 0.15) is 73.1 Å². The number of hydrogen-bond donors (Lipinski definition) is 1. The molecule has 0 aromatic heterocycles. The van der Waals surface area contributed by atoms with Crippen LogP contribution in [0.25, 0.3) is 0 Å². The van der Waals surface area contributed by atoms with Crippen molar-refractivity contribution >= 4 is 24.1 Å². The number of nitrogens with one attached hydrogen (secondary N) is 1. The van der Waals surface area contributed by atoms with E-state index in [9.17, 15) is 4.79 Å². The Morgan fingerprint density at radius 2 is 1.69 bits per heavy atom. The lowest BCUT2D eigenvalue weighted by molar-refractivity contribution is -0.114. The number of aldehydes is 1. The van der Waals surface area contributed by atoms with Gasteiger partial charge in [0.1, 0.15) is 6.29 Å². The summed E-state index contributed by atoms with van der Waals surface area (Å²) in [5, 5.41) is 5.39. The average molecular weight is 384 g/mol. The van der Waals surface area contributed by atoms with Crippen LogP contribution in [-0.2, 0) is 4.79 Å². The largest absolute Gasteiger partial charge is 0.361 e. The standard InChI is InChI=1S/C17H29N3OS.2C2H6/c1-4-22-20-11-9-17(13-21,10-12-20)19-16(18-3)15-7-5-14(2)6-8-15;2*1-2/h4,13-15H,1,5-12H2,2-3H3,(H,18,19);2*1-2H3. The smallest absolute Gasteiger partial charge is 0.145 e. The molecule has 2 aliphatic rings. The maximum Gasteiger partial charge on any atom is 0.145 e. The molecule has 0 aromatic carbocycles. The first-order chi connectivity index (χ1) is 12.6. The van der Waals surface area contributed by atoms with Crippen LogP contribution in [-0.4, -0.2) is 42.1 Å². The highest BCUT2D eigenvalue weighted by molar-refractivity contribution is 7.99. The van der Waals surface area contributed by atoms with Crippen LogP contribution >= 0.6 is 11.9 Å². The highest BCUT2D eigenvalue weighted by Crippen LogP contribution is 2.31. The molecule has 1 aliphatic heterocycles. The number of rotatable bonds is 5. The van der Waals surface area contributed by atoms with Crippen molar-refractivity contribution in [2.45, 2.75) is 78.7 Å². The molecular formula is C21H41N3OS. The van der Waals surface area contributed by atoms with Crippen molar-refractivity contribution in [3.8, 4) is 0 Å². The van der Waals surface area contributed by atoms with Crippen LogP contribution < -0.4 is 5.32 Å². The Bertz CT molecular complexity index is 409. The molecule has 1 N–H and O–H groups in total. The summed E-state index contributed by atoms with van der Waals surface area (Å²) in [4.78, 5) is 16.3. The zero-order valence-electron chi connectivity index (χ0n) is 17.9. The van der Waals surface area contributed by atoms with E-state index in [-0.39, 0.29) is 0 Å². The van der Waals surface area contributed by atoms with E-state index in [0.717, 1.165) is 44.0 Å². The molecule has 2 fully saturated rings. The van der Waals surface area contributed by atoms with Gasteiger partial charge in [0.2, 0.25) is 0 Å². The highest BCUT2D eigenvalue weighted by Gasteiger charge is 2.36. The van der Waals surface area contributed by atoms with Gasteiger partial charge in [-0.15, -0.1) is 0 Å². The van der Waals surface area contributed by atoms with Gasteiger partial charge in [0.15, 0.2) is 0 Å².